The molecule has 0 bridgehead atoms. The van der Waals surface area contributed by atoms with Crippen molar-refractivity contribution in [2.45, 2.75) is 19.3 Å². The minimum atomic E-state index is 0.132. The second kappa shape index (κ2) is 5.75. The van der Waals surface area contributed by atoms with Crippen LogP contribution >= 0.6 is 11.3 Å². The van der Waals surface area contributed by atoms with Crippen LogP contribution in [0, 0.1) is 5.92 Å². The maximum Gasteiger partial charge on any atom is 0.185 e. The summed E-state index contributed by atoms with van der Waals surface area (Å²) in [6.45, 7) is 1.08. The Labute approximate surface area is 123 Å². The number of carbonyl (C=O) groups is 1. The predicted octanol–water partition coefficient (Wildman–Crippen LogP) is 3.41. The van der Waals surface area contributed by atoms with Crippen molar-refractivity contribution in [2.24, 2.45) is 5.92 Å². The molecule has 1 fully saturated rings. The van der Waals surface area contributed by atoms with Crippen molar-refractivity contribution in [3.05, 3.63) is 47.0 Å². The molecule has 0 unspecified atom stereocenters. The van der Waals surface area contributed by atoms with E-state index in [9.17, 15) is 4.79 Å². The minimum absolute atomic E-state index is 0.132. The molecule has 4 heteroatoms. The Morgan fingerprint density at radius 3 is 2.80 bits per heavy atom. The first-order valence-corrected chi connectivity index (χ1v) is 7.84. The van der Waals surface area contributed by atoms with Crippen LogP contribution < -0.4 is 4.90 Å². The maximum absolute atomic E-state index is 12.1. The van der Waals surface area contributed by atoms with E-state index in [4.69, 9.17) is 0 Å². The molecule has 1 aromatic carbocycles. The summed E-state index contributed by atoms with van der Waals surface area (Å²) in [4.78, 5) is 18.9. The lowest BCUT2D eigenvalue weighted by Gasteiger charge is -2.14. The number of Topliss-reactive ketones (excluding diaryl/α,β-unsaturated/α-hetero) is 1. The standard InChI is InChI=1S/C16H18N2OS/c1-18(10-12-7-8-12)16-17-14(11-20-16)9-15(19)13-5-3-2-4-6-13/h2-6,11-12H,7-10H2,1H3. The number of rotatable bonds is 6. The molecule has 1 aromatic heterocycles. The molecule has 1 aliphatic carbocycles. The van der Waals surface area contributed by atoms with E-state index >= 15 is 0 Å². The molecule has 1 heterocycles. The third kappa shape index (κ3) is 3.25. The highest BCUT2D eigenvalue weighted by molar-refractivity contribution is 7.13. The summed E-state index contributed by atoms with van der Waals surface area (Å²) in [5, 5.41) is 3.02. The van der Waals surface area contributed by atoms with Crippen molar-refractivity contribution in [2.75, 3.05) is 18.5 Å². The van der Waals surface area contributed by atoms with Gasteiger partial charge in [0.05, 0.1) is 12.1 Å². The van der Waals surface area contributed by atoms with Gasteiger partial charge in [-0.25, -0.2) is 4.98 Å². The van der Waals surface area contributed by atoms with E-state index in [1.54, 1.807) is 11.3 Å². The van der Waals surface area contributed by atoms with Gasteiger partial charge in [-0.3, -0.25) is 4.79 Å². The summed E-state index contributed by atoms with van der Waals surface area (Å²) in [5.41, 5.74) is 1.63. The largest absolute Gasteiger partial charge is 0.351 e. The first-order valence-electron chi connectivity index (χ1n) is 6.96. The van der Waals surface area contributed by atoms with E-state index in [1.807, 2.05) is 35.7 Å². The Balaban J connectivity index is 1.63. The molecule has 2 aromatic rings. The number of ketones is 1. The molecule has 3 rings (SSSR count). The summed E-state index contributed by atoms with van der Waals surface area (Å²) in [5.74, 6) is 0.977. The smallest absolute Gasteiger partial charge is 0.185 e. The van der Waals surface area contributed by atoms with Crippen LogP contribution in [0.15, 0.2) is 35.7 Å². The molecule has 0 atom stereocenters. The number of nitrogens with zero attached hydrogens (tertiary/aromatic N) is 2. The molecule has 0 amide bonds. The normalized spacial score (nSPS) is 14.2. The van der Waals surface area contributed by atoms with Crippen LogP contribution in [0.5, 0.6) is 0 Å². The molecule has 104 valence electrons. The topological polar surface area (TPSA) is 33.2 Å². The van der Waals surface area contributed by atoms with Crippen molar-refractivity contribution in [1.29, 1.82) is 0 Å². The molecule has 0 aliphatic heterocycles. The molecule has 1 saturated carbocycles. The van der Waals surface area contributed by atoms with Crippen molar-refractivity contribution in [1.82, 2.24) is 4.98 Å². The summed E-state index contributed by atoms with van der Waals surface area (Å²) < 4.78 is 0. The monoisotopic (exact) mass is 286 g/mol. The van der Waals surface area contributed by atoms with Crippen LogP contribution in [0.1, 0.15) is 28.9 Å². The fourth-order valence-corrected chi connectivity index (χ4v) is 3.01. The SMILES string of the molecule is CN(CC1CC1)c1nc(CC(=O)c2ccccc2)cs1. The highest BCUT2D eigenvalue weighted by Gasteiger charge is 2.24. The highest BCUT2D eigenvalue weighted by Crippen LogP contribution is 2.31. The van der Waals surface area contributed by atoms with Crippen LogP contribution in [0.4, 0.5) is 5.13 Å². The van der Waals surface area contributed by atoms with Gasteiger partial charge in [0.25, 0.3) is 0 Å². The number of anilines is 1. The molecular formula is C16H18N2OS. The van der Waals surface area contributed by atoms with Crippen LogP contribution in [-0.4, -0.2) is 24.4 Å². The summed E-state index contributed by atoms with van der Waals surface area (Å²) in [7, 11) is 2.08. The Morgan fingerprint density at radius 1 is 1.35 bits per heavy atom. The van der Waals surface area contributed by atoms with Gasteiger partial charge in [-0.15, -0.1) is 11.3 Å². The maximum atomic E-state index is 12.1. The molecule has 0 N–H and O–H groups in total. The second-order valence-corrected chi connectivity index (χ2v) is 6.25. The number of benzene rings is 1. The Hall–Kier alpha value is -1.68. The van der Waals surface area contributed by atoms with Gasteiger partial charge in [0, 0.05) is 24.5 Å². The van der Waals surface area contributed by atoms with E-state index in [0.717, 1.165) is 28.9 Å². The van der Waals surface area contributed by atoms with Crippen molar-refractivity contribution in [3.8, 4) is 0 Å². The zero-order valence-electron chi connectivity index (χ0n) is 11.6. The highest BCUT2D eigenvalue weighted by atomic mass is 32.1. The number of thiazole rings is 1. The first-order chi connectivity index (χ1) is 9.72. The molecule has 20 heavy (non-hydrogen) atoms. The molecule has 1 aliphatic rings. The Kier molecular flexibility index (Phi) is 3.83. The third-order valence-electron chi connectivity index (χ3n) is 3.53. The van der Waals surface area contributed by atoms with Crippen molar-refractivity contribution >= 4 is 22.3 Å². The van der Waals surface area contributed by atoms with Gasteiger partial charge in [0.15, 0.2) is 10.9 Å². The zero-order valence-corrected chi connectivity index (χ0v) is 12.4. The quantitative estimate of drug-likeness (QED) is 0.763. The second-order valence-electron chi connectivity index (χ2n) is 5.41. The van der Waals surface area contributed by atoms with Crippen molar-refractivity contribution < 1.29 is 4.79 Å². The van der Waals surface area contributed by atoms with E-state index in [1.165, 1.54) is 12.8 Å². The summed E-state index contributed by atoms with van der Waals surface area (Å²) in [6, 6.07) is 9.42. The van der Waals surface area contributed by atoms with Crippen LogP contribution in [-0.2, 0) is 6.42 Å². The Morgan fingerprint density at radius 2 is 2.10 bits per heavy atom. The lowest BCUT2D eigenvalue weighted by Crippen LogP contribution is -2.19. The minimum Gasteiger partial charge on any atom is -0.351 e. The van der Waals surface area contributed by atoms with Crippen LogP contribution in [0.2, 0.25) is 0 Å². The van der Waals surface area contributed by atoms with Gasteiger partial charge in [-0.05, 0) is 18.8 Å². The lowest BCUT2D eigenvalue weighted by atomic mass is 10.1. The van der Waals surface area contributed by atoms with Crippen LogP contribution in [0.25, 0.3) is 0 Å². The molecular weight excluding hydrogens is 268 g/mol. The number of hydrogen-bond acceptors (Lipinski definition) is 4. The van der Waals surface area contributed by atoms with Gasteiger partial charge >= 0.3 is 0 Å². The van der Waals surface area contributed by atoms with Gasteiger partial charge in [-0.1, -0.05) is 30.3 Å². The number of hydrogen-bond donors (Lipinski definition) is 0. The van der Waals surface area contributed by atoms with Gasteiger partial charge in [0.1, 0.15) is 0 Å². The number of aromatic nitrogens is 1. The molecule has 0 spiro atoms. The molecule has 0 saturated heterocycles. The van der Waals surface area contributed by atoms with Crippen molar-refractivity contribution in [3.63, 3.8) is 0 Å². The van der Waals surface area contributed by atoms with E-state index in [2.05, 4.69) is 16.9 Å². The number of carbonyl (C=O) groups excluding carboxylic acids is 1. The first kappa shape index (κ1) is 13.3. The van der Waals surface area contributed by atoms with E-state index in [0.29, 0.717) is 6.42 Å². The fraction of sp³-hybridized carbons (Fsp3) is 0.375. The summed E-state index contributed by atoms with van der Waals surface area (Å²) in [6.07, 6.45) is 3.07. The average Bonchev–Trinajstić information content (AvgIpc) is 3.15. The lowest BCUT2D eigenvalue weighted by molar-refractivity contribution is 0.0992. The zero-order chi connectivity index (χ0) is 13.9. The Bertz CT molecular complexity index is 590. The molecule has 0 radical (unpaired) electrons. The van der Waals surface area contributed by atoms with Crippen LogP contribution in [0.3, 0.4) is 0 Å². The van der Waals surface area contributed by atoms with Gasteiger partial charge in [-0.2, -0.15) is 0 Å². The van der Waals surface area contributed by atoms with Gasteiger partial charge in [0.2, 0.25) is 0 Å². The predicted molar refractivity (Wildman–Crippen MR) is 82.6 cm³/mol. The fourth-order valence-electron chi connectivity index (χ4n) is 2.21. The molecule has 3 nitrogen and oxygen atoms in total. The van der Waals surface area contributed by atoms with E-state index < -0.39 is 0 Å². The van der Waals surface area contributed by atoms with E-state index in [-0.39, 0.29) is 5.78 Å². The third-order valence-corrected chi connectivity index (χ3v) is 4.54. The average molecular weight is 286 g/mol. The summed E-state index contributed by atoms with van der Waals surface area (Å²) >= 11 is 1.63. The van der Waals surface area contributed by atoms with Gasteiger partial charge < -0.3 is 4.90 Å².